The number of amides is 2. The van der Waals surface area contributed by atoms with Crippen molar-refractivity contribution in [3.63, 3.8) is 0 Å². The van der Waals surface area contributed by atoms with Crippen LogP contribution < -0.4 is 5.73 Å². The Morgan fingerprint density at radius 2 is 2.07 bits per heavy atom. The first-order valence-corrected chi connectivity index (χ1v) is 5.15. The van der Waals surface area contributed by atoms with Gasteiger partial charge in [0.25, 0.3) is 0 Å². The van der Waals surface area contributed by atoms with Crippen LogP contribution in [0.15, 0.2) is 0 Å². The molecule has 1 atom stereocenters. The first-order valence-electron chi connectivity index (χ1n) is 5.15. The predicted molar refractivity (Wildman–Crippen MR) is 51.3 cm³/mol. The Kier molecular flexibility index (Phi) is 2.01. The topological polar surface area (TPSA) is 63.4 Å². The van der Waals surface area contributed by atoms with Crippen molar-refractivity contribution in [3.05, 3.63) is 0 Å². The normalized spacial score (nSPS) is 28.9. The van der Waals surface area contributed by atoms with Crippen molar-refractivity contribution in [2.75, 3.05) is 6.54 Å². The fourth-order valence-corrected chi connectivity index (χ4v) is 2.05. The van der Waals surface area contributed by atoms with Crippen LogP contribution in [0, 0.1) is 5.41 Å². The van der Waals surface area contributed by atoms with Crippen LogP contribution in [0.25, 0.3) is 0 Å². The molecule has 2 N–H and O–H groups in total. The van der Waals surface area contributed by atoms with Crippen molar-refractivity contribution >= 4 is 11.8 Å². The number of hydrogen-bond acceptors (Lipinski definition) is 2. The summed E-state index contributed by atoms with van der Waals surface area (Å²) in [6.45, 7) is 2.66. The Balaban J connectivity index is 2.09. The lowest BCUT2D eigenvalue weighted by molar-refractivity contribution is -0.141. The fraction of sp³-hybridized carbons (Fsp3) is 0.800. The minimum absolute atomic E-state index is 0.124. The van der Waals surface area contributed by atoms with E-state index >= 15 is 0 Å². The molecule has 1 saturated heterocycles. The monoisotopic (exact) mass is 196 g/mol. The van der Waals surface area contributed by atoms with Gasteiger partial charge in [-0.1, -0.05) is 6.92 Å². The second-order valence-electron chi connectivity index (χ2n) is 4.62. The highest BCUT2D eigenvalue weighted by molar-refractivity contribution is 5.91. The summed E-state index contributed by atoms with van der Waals surface area (Å²) < 4.78 is 0. The molecule has 2 rings (SSSR count). The van der Waals surface area contributed by atoms with Crippen molar-refractivity contribution in [3.8, 4) is 0 Å². The van der Waals surface area contributed by atoms with E-state index in [0.29, 0.717) is 6.54 Å². The zero-order valence-corrected chi connectivity index (χ0v) is 8.45. The van der Waals surface area contributed by atoms with Gasteiger partial charge in [-0.15, -0.1) is 0 Å². The minimum Gasteiger partial charge on any atom is -0.368 e. The minimum atomic E-state index is -0.361. The van der Waals surface area contributed by atoms with Crippen molar-refractivity contribution in [1.82, 2.24) is 4.90 Å². The lowest BCUT2D eigenvalue weighted by Crippen LogP contribution is -2.46. The molecular formula is C10H16N2O2. The van der Waals surface area contributed by atoms with Gasteiger partial charge in [0.05, 0.1) is 0 Å². The SMILES string of the molecule is CC1(C(=O)N2CCC[C@H]2C(N)=O)CC1. The van der Waals surface area contributed by atoms with E-state index in [2.05, 4.69) is 0 Å². The molecule has 2 amide bonds. The highest BCUT2D eigenvalue weighted by Crippen LogP contribution is 2.47. The number of primary amides is 1. The van der Waals surface area contributed by atoms with Crippen LogP contribution in [0.3, 0.4) is 0 Å². The summed E-state index contributed by atoms with van der Waals surface area (Å²) in [5, 5.41) is 0. The average Bonchev–Trinajstić information content (AvgIpc) is 2.69. The molecule has 0 unspecified atom stereocenters. The largest absolute Gasteiger partial charge is 0.368 e. The molecule has 4 heteroatoms. The first kappa shape index (κ1) is 9.49. The van der Waals surface area contributed by atoms with Crippen LogP contribution in [0.2, 0.25) is 0 Å². The van der Waals surface area contributed by atoms with Gasteiger partial charge in [0, 0.05) is 12.0 Å². The number of hydrogen-bond donors (Lipinski definition) is 1. The molecule has 0 aromatic rings. The Morgan fingerprint density at radius 1 is 1.43 bits per heavy atom. The highest BCUT2D eigenvalue weighted by atomic mass is 16.2. The van der Waals surface area contributed by atoms with Gasteiger partial charge in [-0.2, -0.15) is 0 Å². The third-order valence-electron chi connectivity index (χ3n) is 3.36. The highest BCUT2D eigenvalue weighted by Gasteiger charge is 2.49. The molecule has 14 heavy (non-hydrogen) atoms. The second-order valence-corrected chi connectivity index (χ2v) is 4.62. The molecule has 2 fully saturated rings. The summed E-state index contributed by atoms with van der Waals surface area (Å²) >= 11 is 0. The van der Waals surface area contributed by atoms with Crippen LogP contribution in [0.5, 0.6) is 0 Å². The van der Waals surface area contributed by atoms with Crippen molar-refractivity contribution in [2.45, 2.75) is 38.6 Å². The molecule has 1 aliphatic carbocycles. The maximum atomic E-state index is 12.0. The first-order chi connectivity index (χ1) is 6.54. The van der Waals surface area contributed by atoms with Crippen LogP contribution in [0.1, 0.15) is 32.6 Å². The van der Waals surface area contributed by atoms with E-state index in [1.54, 1.807) is 4.90 Å². The fourth-order valence-electron chi connectivity index (χ4n) is 2.05. The van der Waals surface area contributed by atoms with Crippen molar-refractivity contribution < 1.29 is 9.59 Å². The van der Waals surface area contributed by atoms with Gasteiger partial charge in [0.1, 0.15) is 6.04 Å². The summed E-state index contributed by atoms with van der Waals surface area (Å²) in [5.74, 6) is -0.237. The molecule has 0 bridgehead atoms. The summed E-state index contributed by atoms with van der Waals surface area (Å²) in [6, 6.07) is -0.347. The summed E-state index contributed by atoms with van der Waals surface area (Å²) in [5.41, 5.74) is 5.07. The van der Waals surface area contributed by atoms with Crippen LogP contribution in [-0.4, -0.2) is 29.3 Å². The van der Waals surface area contributed by atoms with E-state index in [0.717, 1.165) is 25.7 Å². The molecule has 4 nitrogen and oxygen atoms in total. The zero-order valence-electron chi connectivity index (χ0n) is 8.45. The average molecular weight is 196 g/mol. The van der Waals surface area contributed by atoms with Crippen molar-refractivity contribution in [1.29, 1.82) is 0 Å². The molecule has 0 spiro atoms. The Hall–Kier alpha value is -1.06. The van der Waals surface area contributed by atoms with E-state index in [1.807, 2.05) is 6.92 Å². The van der Waals surface area contributed by atoms with E-state index in [9.17, 15) is 9.59 Å². The van der Waals surface area contributed by atoms with Gasteiger partial charge in [-0.25, -0.2) is 0 Å². The van der Waals surface area contributed by atoms with Crippen molar-refractivity contribution in [2.24, 2.45) is 11.1 Å². The molecule has 0 aromatic heterocycles. The molecule has 0 aromatic carbocycles. The van der Waals surface area contributed by atoms with Gasteiger partial charge in [0.15, 0.2) is 0 Å². The van der Waals surface area contributed by atoms with Gasteiger partial charge < -0.3 is 10.6 Å². The van der Waals surface area contributed by atoms with E-state index in [1.165, 1.54) is 0 Å². The van der Waals surface area contributed by atoms with Gasteiger partial charge >= 0.3 is 0 Å². The Bertz CT molecular complexity index is 284. The molecule has 1 heterocycles. The lowest BCUT2D eigenvalue weighted by Gasteiger charge is -2.25. The number of rotatable bonds is 2. The molecule has 2 aliphatic rings. The van der Waals surface area contributed by atoms with Crippen LogP contribution >= 0.6 is 0 Å². The van der Waals surface area contributed by atoms with Gasteiger partial charge in [-0.3, -0.25) is 9.59 Å². The molecule has 0 radical (unpaired) electrons. The third-order valence-corrected chi connectivity index (χ3v) is 3.36. The zero-order chi connectivity index (χ0) is 10.3. The molecular weight excluding hydrogens is 180 g/mol. The molecule has 78 valence electrons. The number of likely N-dealkylation sites (tertiary alicyclic amines) is 1. The number of nitrogens with zero attached hydrogens (tertiary/aromatic N) is 1. The summed E-state index contributed by atoms with van der Waals surface area (Å²) in [7, 11) is 0. The third kappa shape index (κ3) is 1.38. The Morgan fingerprint density at radius 3 is 2.57 bits per heavy atom. The molecule has 1 aliphatic heterocycles. The van der Waals surface area contributed by atoms with Crippen LogP contribution in [0.4, 0.5) is 0 Å². The second kappa shape index (κ2) is 2.97. The number of nitrogens with two attached hydrogens (primary N) is 1. The quantitative estimate of drug-likeness (QED) is 0.688. The van der Waals surface area contributed by atoms with Gasteiger partial charge in [-0.05, 0) is 25.7 Å². The van der Waals surface area contributed by atoms with Crippen LogP contribution in [-0.2, 0) is 9.59 Å². The summed E-state index contributed by atoms with van der Waals surface area (Å²) in [6.07, 6.45) is 3.54. The number of carbonyl (C=O) groups is 2. The van der Waals surface area contributed by atoms with E-state index in [4.69, 9.17) is 5.73 Å². The standard InChI is InChI=1S/C10H16N2O2/c1-10(4-5-10)9(14)12-6-2-3-7(12)8(11)13/h7H,2-6H2,1H3,(H2,11,13)/t7-/m0/s1. The predicted octanol–water partition coefficient (Wildman–Crippen LogP) is 0.263. The summed E-state index contributed by atoms with van der Waals surface area (Å²) in [4.78, 5) is 24.7. The smallest absolute Gasteiger partial charge is 0.240 e. The number of carbonyl (C=O) groups excluding carboxylic acids is 2. The maximum Gasteiger partial charge on any atom is 0.240 e. The Labute approximate surface area is 83.4 Å². The van der Waals surface area contributed by atoms with E-state index in [-0.39, 0.29) is 23.3 Å². The van der Waals surface area contributed by atoms with Gasteiger partial charge in [0.2, 0.25) is 11.8 Å². The van der Waals surface area contributed by atoms with E-state index < -0.39 is 0 Å². The maximum absolute atomic E-state index is 12.0. The lowest BCUT2D eigenvalue weighted by atomic mass is 10.1. The molecule has 1 saturated carbocycles.